The van der Waals surface area contributed by atoms with Crippen molar-refractivity contribution in [3.63, 3.8) is 0 Å². The number of halogens is 1. The maximum atomic E-state index is 12.5. The Morgan fingerprint density at radius 1 is 1.00 bits per heavy atom. The van der Waals surface area contributed by atoms with Crippen molar-refractivity contribution in [1.82, 2.24) is 14.7 Å². The second kappa shape index (κ2) is 11.0. The first-order valence-electron chi connectivity index (χ1n) is 11.2. The summed E-state index contributed by atoms with van der Waals surface area (Å²) in [5.41, 5.74) is 3.58. The standard InChI is InChI=1S/C26H27ClN4O3/c1-20-23(26(27)31(28-20)18-21-8-4-2-5-9-21)12-13-25(33)34-19-24(32)30-16-14-29(15-17-30)22-10-6-3-7-11-22/h2-13H,14-19H2,1H3/b13-12+. The molecule has 0 saturated carbocycles. The molecule has 1 fully saturated rings. The normalized spacial score (nSPS) is 13.9. The number of rotatable bonds is 7. The predicted octanol–water partition coefficient (Wildman–Crippen LogP) is 3.80. The van der Waals surface area contributed by atoms with Gasteiger partial charge in [-0.3, -0.25) is 4.79 Å². The Bertz CT molecular complexity index is 1150. The summed E-state index contributed by atoms with van der Waals surface area (Å²) >= 11 is 6.48. The SMILES string of the molecule is Cc1nn(Cc2ccccc2)c(Cl)c1/C=C/C(=O)OCC(=O)N1CCN(c2ccccc2)CC1. The average Bonchev–Trinajstić information content (AvgIpc) is 3.14. The van der Waals surface area contributed by atoms with E-state index in [0.29, 0.717) is 36.0 Å². The van der Waals surface area contributed by atoms with Crippen molar-refractivity contribution in [1.29, 1.82) is 0 Å². The second-order valence-electron chi connectivity index (χ2n) is 8.08. The molecule has 1 aliphatic rings. The smallest absolute Gasteiger partial charge is 0.331 e. The summed E-state index contributed by atoms with van der Waals surface area (Å²) in [6.45, 7) is 4.76. The quantitative estimate of drug-likeness (QED) is 0.381. The highest BCUT2D eigenvalue weighted by Gasteiger charge is 2.22. The van der Waals surface area contributed by atoms with Gasteiger partial charge in [-0.05, 0) is 30.7 Å². The van der Waals surface area contributed by atoms with Gasteiger partial charge in [0.25, 0.3) is 5.91 Å². The molecule has 2 aromatic carbocycles. The van der Waals surface area contributed by atoms with Crippen LogP contribution in [0.2, 0.25) is 5.15 Å². The first kappa shape index (κ1) is 23.6. The van der Waals surface area contributed by atoms with Crippen LogP contribution < -0.4 is 4.90 Å². The van der Waals surface area contributed by atoms with Crippen molar-refractivity contribution < 1.29 is 14.3 Å². The Morgan fingerprint density at radius 3 is 2.32 bits per heavy atom. The third kappa shape index (κ3) is 5.85. The van der Waals surface area contributed by atoms with E-state index in [-0.39, 0.29) is 12.5 Å². The van der Waals surface area contributed by atoms with Gasteiger partial charge in [-0.1, -0.05) is 60.1 Å². The van der Waals surface area contributed by atoms with Gasteiger partial charge in [0.2, 0.25) is 0 Å². The van der Waals surface area contributed by atoms with Crippen molar-refractivity contribution in [2.75, 3.05) is 37.7 Å². The summed E-state index contributed by atoms with van der Waals surface area (Å²) in [6, 6.07) is 20.0. The Labute approximate surface area is 204 Å². The van der Waals surface area contributed by atoms with E-state index in [9.17, 15) is 9.59 Å². The molecule has 1 saturated heterocycles. The number of ether oxygens (including phenoxy) is 1. The molecular weight excluding hydrogens is 452 g/mol. The zero-order chi connectivity index (χ0) is 23.9. The molecule has 0 radical (unpaired) electrons. The monoisotopic (exact) mass is 478 g/mol. The van der Waals surface area contributed by atoms with Crippen LogP contribution >= 0.6 is 11.6 Å². The second-order valence-corrected chi connectivity index (χ2v) is 8.44. The number of amides is 1. The van der Waals surface area contributed by atoms with E-state index >= 15 is 0 Å². The van der Waals surface area contributed by atoms with E-state index in [1.165, 1.54) is 6.08 Å². The van der Waals surface area contributed by atoms with Gasteiger partial charge in [0.05, 0.1) is 12.2 Å². The van der Waals surface area contributed by atoms with Crippen molar-refractivity contribution in [2.24, 2.45) is 0 Å². The summed E-state index contributed by atoms with van der Waals surface area (Å²) in [5.74, 6) is -0.790. The molecule has 4 rings (SSSR count). The molecule has 1 aromatic heterocycles. The van der Waals surface area contributed by atoms with Crippen LogP contribution in [0.1, 0.15) is 16.8 Å². The lowest BCUT2D eigenvalue weighted by atomic mass is 10.2. The molecule has 0 aliphatic carbocycles. The van der Waals surface area contributed by atoms with E-state index in [2.05, 4.69) is 22.1 Å². The van der Waals surface area contributed by atoms with Crippen LogP contribution in [0, 0.1) is 6.92 Å². The fourth-order valence-electron chi connectivity index (χ4n) is 3.89. The highest BCUT2D eigenvalue weighted by atomic mass is 35.5. The third-order valence-corrected chi connectivity index (χ3v) is 6.16. The van der Waals surface area contributed by atoms with Gasteiger partial charge in [0, 0.05) is 43.5 Å². The maximum absolute atomic E-state index is 12.5. The number of hydrogen-bond donors (Lipinski definition) is 0. The lowest BCUT2D eigenvalue weighted by Crippen LogP contribution is -2.49. The molecular formula is C26H27ClN4O3. The van der Waals surface area contributed by atoms with Crippen molar-refractivity contribution in [3.8, 4) is 0 Å². The van der Waals surface area contributed by atoms with Gasteiger partial charge in [0.15, 0.2) is 6.61 Å². The number of esters is 1. The molecule has 7 nitrogen and oxygen atoms in total. The summed E-state index contributed by atoms with van der Waals surface area (Å²) in [6.07, 6.45) is 2.86. The van der Waals surface area contributed by atoms with Gasteiger partial charge in [-0.25, -0.2) is 9.48 Å². The Morgan fingerprint density at radius 2 is 1.65 bits per heavy atom. The maximum Gasteiger partial charge on any atom is 0.331 e. The van der Waals surface area contributed by atoms with E-state index in [1.807, 2.05) is 55.5 Å². The zero-order valence-corrected chi connectivity index (χ0v) is 19.8. The van der Waals surface area contributed by atoms with Gasteiger partial charge in [-0.2, -0.15) is 5.10 Å². The fraction of sp³-hybridized carbons (Fsp3) is 0.269. The molecule has 34 heavy (non-hydrogen) atoms. The topological polar surface area (TPSA) is 67.7 Å². The number of anilines is 1. The number of carbonyl (C=O) groups excluding carboxylic acids is 2. The number of aromatic nitrogens is 2. The highest BCUT2D eigenvalue weighted by Crippen LogP contribution is 2.22. The number of para-hydroxylation sites is 1. The zero-order valence-electron chi connectivity index (χ0n) is 19.1. The first-order chi connectivity index (χ1) is 16.5. The number of piperazine rings is 1. The third-order valence-electron chi connectivity index (χ3n) is 5.76. The molecule has 0 N–H and O–H groups in total. The van der Waals surface area contributed by atoms with Crippen molar-refractivity contribution in [3.05, 3.63) is 88.7 Å². The number of hydrogen-bond acceptors (Lipinski definition) is 5. The summed E-state index contributed by atoms with van der Waals surface area (Å²) in [5, 5.41) is 4.91. The van der Waals surface area contributed by atoms with Crippen LogP contribution in [0.5, 0.6) is 0 Å². The predicted molar refractivity (Wildman–Crippen MR) is 133 cm³/mol. The van der Waals surface area contributed by atoms with Crippen LogP contribution in [0.25, 0.3) is 6.08 Å². The van der Waals surface area contributed by atoms with Crippen LogP contribution in [0.3, 0.4) is 0 Å². The molecule has 1 aliphatic heterocycles. The fourth-order valence-corrected chi connectivity index (χ4v) is 4.19. The molecule has 0 spiro atoms. The minimum absolute atomic E-state index is 0.195. The minimum atomic E-state index is -0.595. The lowest BCUT2D eigenvalue weighted by molar-refractivity contribution is -0.148. The number of carbonyl (C=O) groups is 2. The molecule has 176 valence electrons. The molecule has 2 heterocycles. The summed E-state index contributed by atoms with van der Waals surface area (Å²) < 4.78 is 6.86. The lowest BCUT2D eigenvalue weighted by Gasteiger charge is -2.36. The Hall–Kier alpha value is -3.58. The Kier molecular flexibility index (Phi) is 7.65. The van der Waals surface area contributed by atoms with E-state index in [1.54, 1.807) is 15.7 Å². The van der Waals surface area contributed by atoms with Crippen molar-refractivity contribution >= 4 is 35.2 Å². The van der Waals surface area contributed by atoms with Gasteiger partial charge in [0.1, 0.15) is 5.15 Å². The largest absolute Gasteiger partial charge is 0.452 e. The van der Waals surface area contributed by atoms with Crippen molar-refractivity contribution in [2.45, 2.75) is 13.5 Å². The highest BCUT2D eigenvalue weighted by molar-refractivity contribution is 6.31. The number of nitrogens with zero attached hydrogens (tertiary/aromatic N) is 4. The summed E-state index contributed by atoms with van der Waals surface area (Å²) in [7, 11) is 0. The van der Waals surface area contributed by atoms with E-state index in [0.717, 1.165) is 24.3 Å². The summed E-state index contributed by atoms with van der Waals surface area (Å²) in [4.78, 5) is 28.6. The average molecular weight is 479 g/mol. The molecule has 8 heteroatoms. The van der Waals surface area contributed by atoms with Crippen LogP contribution in [-0.4, -0.2) is 59.3 Å². The molecule has 0 bridgehead atoms. The van der Waals surface area contributed by atoms with E-state index < -0.39 is 5.97 Å². The molecule has 0 unspecified atom stereocenters. The van der Waals surface area contributed by atoms with Crippen LogP contribution in [0.4, 0.5) is 5.69 Å². The number of benzene rings is 2. The minimum Gasteiger partial charge on any atom is -0.452 e. The molecule has 3 aromatic rings. The molecule has 0 atom stereocenters. The van der Waals surface area contributed by atoms with Crippen LogP contribution in [-0.2, 0) is 20.9 Å². The number of aryl methyl sites for hydroxylation is 1. The Balaban J connectivity index is 1.26. The van der Waals surface area contributed by atoms with Gasteiger partial charge >= 0.3 is 5.97 Å². The molecule has 1 amide bonds. The van der Waals surface area contributed by atoms with Crippen LogP contribution in [0.15, 0.2) is 66.7 Å². The van der Waals surface area contributed by atoms with Gasteiger partial charge < -0.3 is 14.5 Å². The first-order valence-corrected chi connectivity index (χ1v) is 11.6. The van der Waals surface area contributed by atoms with Gasteiger partial charge in [-0.15, -0.1) is 0 Å². The van der Waals surface area contributed by atoms with E-state index in [4.69, 9.17) is 16.3 Å².